The summed E-state index contributed by atoms with van der Waals surface area (Å²) in [4.78, 5) is 61.0. The highest BCUT2D eigenvalue weighted by atomic mass is 16.6. The highest BCUT2D eigenvalue weighted by Crippen LogP contribution is 2.54. The lowest BCUT2D eigenvalue weighted by molar-refractivity contribution is -0.163. The van der Waals surface area contributed by atoms with Crippen LogP contribution >= 0.6 is 0 Å². The lowest BCUT2D eigenvalue weighted by atomic mass is 9.77. The number of fused-ring (bicyclic) bond motifs is 2. The van der Waals surface area contributed by atoms with Crippen LogP contribution in [0.3, 0.4) is 0 Å². The normalized spacial score (nSPS) is 30.8. The van der Waals surface area contributed by atoms with Crippen LogP contribution in [-0.4, -0.2) is 90.4 Å². The van der Waals surface area contributed by atoms with Crippen molar-refractivity contribution >= 4 is 29.4 Å². The Labute approximate surface area is 299 Å². The number of likely N-dealkylation sites (tertiary alicyclic amines) is 1. The summed E-state index contributed by atoms with van der Waals surface area (Å²) in [6, 6.07) is 12.4. The van der Waals surface area contributed by atoms with E-state index in [4.69, 9.17) is 14.2 Å². The number of aryl methyl sites for hydroxylation is 2. The van der Waals surface area contributed by atoms with Gasteiger partial charge in [-0.25, -0.2) is 0 Å². The van der Waals surface area contributed by atoms with Gasteiger partial charge in [-0.3, -0.25) is 19.2 Å². The Morgan fingerprint density at radius 1 is 1.00 bits per heavy atom. The lowest BCUT2D eigenvalue weighted by Crippen LogP contribution is -2.58. The van der Waals surface area contributed by atoms with Gasteiger partial charge in [-0.1, -0.05) is 86.7 Å². The number of aliphatic hydroxyl groups excluding tert-OH is 1. The van der Waals surface area contributed by atoms with Crippen molar-refractivity contribution in [2.45, 2.75) is 82.9 Å². The van der Waals surface area contributed by atoms with Crippen LogP contribution in [-0.2, 0) is 33.4 Å². The summed E-state index contributed by atoms with van der Waals surface area (Å²) in [5.74, 6) is -3.86. The molecule has 2 N–H and O–H groups in total. The van der Waals surface area contributed by atoms with Gasteiger partial charge >= 0.3 is 5.97 Å². The van der Waals surface area contributed by atoms with Gasteiger partial charge in [-0.2, -0.15) is 0 Å². The predicted molar refractivity (Wildman–Crippen MR) is 190 cm³/mol. The number of aliphatic hydroxyl groups is 1. The van der Waals surface area contributed by atoms with Crippen molar-refractivity contribution in [3.63, 3.8) is 0 Å². The maximum absolute atomic E-state index is 15.1. The van der Waals surface area contributed by atoms with Crippen LogP contribution < -0.4 is 10.2 Å². The van der Waals surface area contributed by atoms with Crippen LogP contribution in [0.15, 0.2) is 72.8 Å². The molecule has 2 saturated heterocycles. The van der Waals surface area contributed by atoms with Crippen molar-refractivity contribution in [1.82, 2.24) is 10.2 Å². The van der Waals surface area contributed by atoms with Gasteiger partial charge in [0.05, 0.1) is 37.3 Å². The van der Waals surface area contributed by atoms with E-state index in [1.54, 1.807) is 23.1 Å². The average molecular weight is 700 g/mol. The van der Waals surface area contributed by atoms with Crippen LogP contribution in [0.4, 0.5) is 5.69 Å². The van der Waals surface area contributed by atoms with Crippen molar-refractivity contribution < 1.29 is 38.5 Å². The topological polar surface area (TPSA) is 135 Å². The fourth-order valence-electron chi connectivity index (χ4n) is 8.47. The number of carbonyl (C=O) groups excluding carboxylic acids is 4. The molecule has 11 heteroatoms. The predicted octanol–water partition coefficient (Wildman–Crippen LogP) is 3.96. The molecule has 3 amide bonds. The fourth-order valence-corrected chi connectivity index (χ4v) is 8.47. The van der Waals surface area contributed by atoms with Crippen LogP contribution in [0.25, 0.3) is 0 Å². The molecule has 8 atom stereocenters. The van der Waals surface area contributed by atoms with Gasteiger partial charge in [-0.05, 0) is 49.3 Å². The lowest BCUT2D eigenvalue weighted by Gasteiger charge is -2.39. The number of ether oxygens (including phenoxy) is 3. The second-order valence-electron chi connectivity index (χ2n) is 14.5. The zero-order chi connectivity index (χ0) is 36.4. The third-order valence-electron chi connectivity index (χ3n) is 10.6. The molecule has 4 aliphatic rings. The summed E-state index contributed by atoms with van der Waals surface area (Å²) in [5, 5.41) is 13.7. The fraction of sp³-hybridized carbons (Fsp3) is 0.500. The summed E-state index contributed by atoms with van der Waals surface area (Å²) < 4.78 is 18.7. The summed E-state index contributed by atoms with van der Waals surface area (Å²) >= 11 is 0. The van der Waals surface area contributed by atoms with Crippen LogP contribution in [0, 0.1) is 31.6 Å². The minimum Gasteiger partial charge on any atom is -0.455 e. The van der Waals surface area contributed by atoms with E-state index >= 15 is 9.59 Å². The third kappa shape index (κ3) is 6.74. The van der Waals surface area contributed by atoms with E-state index in [0.717, 1.165) is 16.8 Å². The molecule has 1 spiro atoms. The van der Waals surface area contributed by atoms with Crippen LogP contribution in [0.1, 0.15) is 55.9 Å². The molecule has 0 aliphatic carbocycles. The van der Waals surface area contributed by atoms with Gasteiger partial charge in [0, 0.05) is 25.8 Å². The second kappa shape index (κ2) is 15.1. The van der Waals surface area contributed by atoms with Crippen molar-refractivity contribution in [3.05, 3.63) is 89.5 Å². The van der Waals surface area contributed by atoms with Crippen LogP contribution in [0.5, 0.6) is 0 Å². The molecule has 2 aromatic rings. The van der Waals surface area contributed by atoms with Gasteiger partial charge < -0.3 is 34.4 Å². The Morgan fingerprint density at radius 2 is 1.73 bits per heavy atom. The number of methoxy groups -OCH3 is 1. The van der Waals surface area contributed by atoms with E-state index in [9.17, 15) is 14.7 Å². The number of cyclic esters (lactones) is 1. The van der Waals surface area contributed by atoms with Gasteiger partial charge in [0.15, 0.2) is 0 Å². The molecular formula is C40H49N3O8. The summed E-state index contributed by atoms with van der Waals surface area (Å²) in [7, 11) is 1.51. The Bertz CT molecular complexity index is 1670. The first-order valence-electron chi connectivity index (χ1n) is 17.9. The molecule has 2 aromatic carbocycles. The Kier molecular flexibility index (Phi) is 10.8. The summed E-state index contributed by atoms with van der Waals surface area (Å²) in [5.41, 5.74) is 1.67. The number of benzene rings is 2. The number of para-hydroxylation sites is 1. The number of esters is 1. The zero-order valence-corrected chi connectivity index (χ0v) is 30.0. The SMILES string of the molecule is COC[C@@H]1NC(=O)CC/C=C\[C@@H]2O[C@@]34C=CCN(c5c(C)cccc5C)C(=O)[C@@H]3N([C@@H](CO)CC(C)C)C(=O)[C@H]4[C@@H]2C(=O)O[C@H]1c1ccccc1. The minimum absolute atomic E-state index is 0.0694. The first kappa shape index (κ1) is 36.5. The molecule has 2 fully saturated rings. The van der Waals surface area contributed by atoms with E-state index in [2.05, 4.69) is 5.32 Å². The number of amides is 3. The molecule has 0 bridgehead atoms. The molecule has 0 unspecified atom stereocenters. The molecule has 0 saturated carbocycles. The molecule has 4 aliphatic heterocycles. The van der Waals surface area contributed by atoms with Gasteiger partial charge in [-0.15, -0.1) is 0 Å². The molecule has 51 heavy (non-hydrogen) atoms. The monoisotopic (exact) mass is 699 g/mol. The number of carbonyl (C=O) groups is 4. The van der Waals surface area contributed by atoms with E-state index < -0.39 is 59.6 Å². The smallest absolute Gasteiger partial charge is 0.313 e. The number of hydrogen-bond acceptors (Lipinski definition) is 8. The molecule has 0 radical (unpaired) electrons. The van der Waals surface area contributed by atoms with E-state index in [1.807, 2.05) is 82.3 Å². The molecular weight excluding hydrogens is 650 g/mol. The van der Waals surface area contributed by atoms with Gasteiger partial charge in [0.25, 0.3) is 5.91 Å². The zero-order valence-electron chi connectivity index (χ0n) is 30.0. The van der Waals surface area contributed by atoms with Crippen molar-refractivity contribution in [2.24, 2.45) is 17.8 Å². The first-order chi connectivity index (χ1) is 24.5. The number of anilines is 1. The van der Waals surface area contributed by atoms with Crippen LogP contribution in [0.2, 0.25) is 0 Å². The second-order valence-corrected chi connectivity index (χ2v) is 14.5. The molecule has 272 valence electrons. The largest absolute Gasteiger partial charge is 0.455 e. The summed E-state index contributed by atoms with van der Waals surface area (Å²) in [6.45, 7) is 7.82. The molecule has 0 aromatic heterocycles. The van der Waals surface area contributed by atoms with Crippen molar-refractivity contribution in [1.29, 1.82) is 0 Å². The maximum Gasteiger partial charge on any atom is 0.313 e. The number of nitrogens with one attached hydrogen (secondary N) is 1. The number of rotatable bonds is 8. The number of hydrogen-bond donors (Lipinski definition) is 2. The molecule has 6 rings (SSSR count). The van der Waals surface area contributed by atoms with E-state index in [0.29, 0.717) is 18.4 Å². The average Bonchev–Trinajstić information content (AvgIpc) is 3.49. The van der Waals surface area contributed by atoms with Crippen molar-refractivity contribution in [3.8, 4) is 0 Å². The number of allylic oxidation sites excluding steroid dienone is 1. The van der Waals surface area contributed by atoms with Crippen molar-refractivity contribution in [2.75, 3.05) is 31.8 Å². The maximum atomic E-state index is 15.1. The highest BCUT2D eigenvalue weighted by Gasteiger charge is 2.72. The summed E-state index contributed by atoms with van der Waals surface area (Å²) in [6.07, 6.45) is 6.23. The quantitative estimate of drug-likeness (QED) is 0.313. The Hall–Kier alpha value is -4.32. The molecule has 4 heterocycles. The van der Waals surface area contributed by atoms with Gasteiger partial charge in [0.2, 0.25) is 11.8 Å². The Morgan fingerprint density at radius 3 is 2.39 bits per heavy atom. The highest BCUT2D eigenvalue weighted by molar-refractivity contribution is 6.06. The standard InChI is InChI=1S/C40H49N3O8/c1-24(2)21-28(22-44)43-36-38(47)42(34-25(3)13-11-14-26(34)4)20-12-19-40(36)33(37(43)46)32-30(51-40)17-9-10-18-31(45)41-29(23-49-5)35(50-39(32)48)27-15-7-6-8-16-27/h6-9,11-17,19,24,28-30,32-33,35-36,44H,10,18,20-23H2,1-5H3,(H,41,45)/b17-9-/t28-,29+,30+,32-,33-,35+,36+,40-/m1/s1. The van der Waals surface area contributed by atoms with Gasteiger partial charge in [0.1, 0.15) is 23.7 Å². The third-order valence-corrected chi connectivity index (χ3v) is 10.6. The molecule has 11 nitrogen and oxygen atoms in total. The number of nitrogens with zero attached hydrogens (tertiary/aromatic N) is 2. The minimum atomic E-state index is -1.54. The Balaban J connectivity index is 1.49. The van der Waals surface area contributed by atoms with E-state index in [-0.39, 0.29) is 43.9 Å². The van der Waals surface area contributed by atoms with E-state index in [1.165, 1.54) is 12.0 Å². The first-order valence-corrected chi connectivity index (χ1v) is 17.9.